The monoisotopic (exact) mass is 223 g/mol. The number of aryl methyl sites for hydroxylation is 2. The first-order valence-electron chi connectivity index (χ1n) is 5.20. The molecule has 2 N–H and O–H groups in total. The molecule has 0 bridgehead atoms. The fourth-order valence-corrected chi connectivity index (χ4v) is 1.32. The van der Waals surface area contributed by atoms with Gasteiger partial charge in [0.1, 0.15) is 5.75 Å². The molecule has 4 heteroatoms. The Labute approximate surface area is 95.2 Å². The Hall–Kier alpha value is -1.55. The second kappa shape index (κ2) is 5.51. The molecule has 1 rings (SSSR count). The number of amides is 1. The van der Waals surface area contributed by atoms with E-state index in [1.54, 1.807) is 6.92 Å². The van der Waals surface area contributed by atoms with Gasteiger partial charge in [-0.3, -0.25) is 0 Å². The highest BCUT2D eigenvalue weighted by Gasteiger charge is 2.09. The van der Waals surface area contributed by atoms with Crippen LogP contribution in [0.1, 0.15) is 18.1 Å². The van der Waals surface area contributed by atoms with Gasteiger partial charge in [-0.1, -0.05) is 18.2 Å². The first-order valence-corrected chi connectivity index (χ1v) is 5.20. The highest BCUT2D eigenvalue weighted by atomic mass is 16.6. The summed E-state index contributed by atoms with van der Waals surface area (Å²) >= 11 is 0. The third-order valence-electron chi connectivity index (χ3n) is 2.15. The lowest BCUT2D eigenvalue weighted by Gasteiger charge is -2.11. The van der Waals surface area contributed by atoms with Crippen LogP contribution in [0.2, 0.25) is 0 Å². The highest BCUT2D eigenvalue weighted by molar-refractivity contribution is 5.71. The number of rotatable bonds is 3. The normalized spacial score (nSPS) is 12.0. The van der Waals surface area contributed by atoms with Crippen molar-refractivity contribution in [1.29, 1.82) is 0 Å². The third kappa shape index (κ3) is 3.55. The number of carbonyl (C=O) groups is 1. The molecule has 0 saturated heterocycles. The molecule has 1 aromatic carbocycles. The lowest BCUT2D eigenvalue weighted by atomic mass is 10.1. The predicted molar refractivity (Wildman–Crippen MR) is 61.6 cm³/mol. The molecule has 0 saturated carbocycles. The molecule has 16 heavy (non-hydrogen) atoms. The van der Waals surface area contributed by atoms with E-state index < -0.39 is 12.2 Å². The van der Waals surface area contributed by atoms with Gasteiger partial charge in [-0.05, 0) is 31.9 Å². The fourth-order valence-electron chi connectivity index (χ4n) is 1.32. The van der Waals surface area contributed by atoms with Crippen LogP contribution in [-0.4, -0.2) is 23.8 Å². The molecule has 0 aromatic heterocycles. The number of carbonyl (C=O) groups excluding carboxylic acids is 1. The molecule has 0 aliphatic carbocycles. The number of aliphatic hydroxyl groups is 1. The van der Waals surface area contributed by atoms with Crippen molar-refractivity contribution in [2.45, 2.75) is 26.9 Å². The standard InChI is InChI=1S/C12H17NO3/c1-8-5-4-6-9(2)11(8)16-12(15)13-7-10(3)14/h4-6,10,14H,7H2,1-3H3,(H,13,15). The Kier molecular flexibility index (Phi) is 4.31. The topological polar surface area (TPSA) is 58.6 Å². The van der Waals surface area contributed by atoms with E-state index in [-0.39, 0.29) is 6.54 Å². The summed E-state index contributed by atoms with van der Waals surface area (Å²) in [4.78, 5) is 11.4. The van der Waals surface area contributed by atoms with Crippen molar-refractivity contribution in [2.75, 3.05) is 6.54 Å². The molecule has 0 heterocycles. The van der Waals surface area contributed by atoms with Gasteiger partial charge in [-0.2, -0.15) is 0 Å². The number of aliphatic hydroxyl groups excluding tert-OH is 1. The molecule has 4 nitrogen and oxygen atoms in total. The van der Waals surface area contributed by atoms with Crippen molar-refractivity contribution in [3.8, 4) is 5.75 Å². The predicted octanol–water partition coefficient (Wildman–Crippen LogP) is 1.77. The lowest BCUT2D eigenvalue weighted by molar-refractivity contribution is 0.171. The number of hydrogen-bond acceptors (Lipinski definition) is 3. The molecular formula is C12H17NO3. The van der Waals surface area contributed by atoms with Crippen molar-refractivity contribution in [2.24, 2.45) is 0 Å². The number of nitrogens with one attached hydrogen (secondary N) is 1. The average molecular weight is 223 g/mol. The lowest BCUT2D eigenvalue weighted by Crippen LogP contribution is -2.33. The second-order valence-electron chi connectivity index (χ2n) is 3.84. The maximum absolute atomic E-state index is 11.4. The summed E-state index contributed by atoms with van der Waals surface area (Å²) in [6, 6.07) is 5.67. The van der Waals surface area contributed by atoms with Crippen molar-refractivity contribution < 1.29 is 14.6 Å². The molecule has 0 radical (unpaired) electrons. The SMILES string of the molecule is Cc1cccc(C)c1OC(=O)NCC(C)O. The number of ether oxygens (including phenoxy) is 1. The third-order valence-corrected chi connectivity index (χ3v) is 2.15. The molecule has 0 fully saturated rings. The molecule has 0 spiro atoms. The average Bonchev–Trinajstić information content (AvgIpc) is 2.21. The highest BCUT2D eigenvalue weighted by Crippen LogP contribution is 2.22. The number of para-hydroxylation sites is 1. The Morgan fingerprint density at radius 3 is 2.50 bits per heavy atom. The Balaban J connectivity index is 2.63. The van der Waals surface area contributed by atoms with Gasteiger partial charge in [0.25, 0.3) is 0 Å². The summed E-state index contributed by atoms with van der Waals surface area (Å²) in [5.41, 5.74) is 1.82. The van der Waals surface area contributed by atoms with E-state index in [1.807, 2.05) is 32.0 Å². The maximum Gasteiger partial charge on any atom is 0.412 e. The van der Waals surface area contributed by atoms with Crippen LogP contribution in [-0.2, 0) is 0 Å². The minimum absolute atomic E-state index is 0.184. The minimum Gasteiger partial charge on any atom is -0.410 e. The number of benzene rings is 1. The van der Waals surface area contributed by atoms with Gasteiger partial charge in [0.15, 0.2) is 0 Å². The minimum atomic E-state index is -0.578. The van der Waals surface area contributed by atoms with Crippen LogP contribution in [0.4, 0.5) is 4.79 Å². The first-order chi connectivity index (χ1) is 7.50. The van der Waals surface area contributed by atoms with Gasteiger partial charge in [-0.25, -0.2) is 4.79 Å². The number of hydrogen-bond donors (Lipinski definition) is 2. The van der Waals surface area contributed by atoms with Crippen LogP contribution in [0, 0.1) is 13.8 Å². The van der Waals surface area contributed by atoms with E-state index in [4.69, 9.17) is 9.84 Å². The Morgan fingerprint density at radius 2 is 2.00 bits per heavy atom. The van der Waals surface area contributed by atoms with Crippen LogP contribution in [0.15, 0.2) is 18.2 Å². The molecule has 1 atom stereocenters. The summed E-state index contributed by atoms with van der Waals surface area (Å²) in [6.07, 6.45) is -1.12. The fraction of sp³-hybridized carbons (Fsp3) is 0.417. The molecule has 88 valence electrons. The van der Waals surface area contributed by atoms with Crippen molar-refractivity contribution in [3.63, 3.8) is 0 Å². The zero-order valence-corrected chi connectivity index (χ0v) is 9.78. The Bertz CT molecular complexity index is 354. The largest absolute Gasteiger partial charge is 0.412 e. The summed E-state index contributed by atoms with van der Waals surface area (Å²) in [7, 11) is 0. The van der Waals surface area contributed by atoms with E-state index >= 15 is 0 Å². The zero-order valence-electron chi connectivity index (χ0n) is 9.78. The van der Waals surface area contributed by atoms with Crippen LogP contribution < -0.4 is 10.1 Å². The van der Waals surface area contributed by atoms with Crippen LogP contribution in [0.25, 0.3) is 0 Å². The van der Waals surface area contributed by atoms with Gasteiger partial charge in [-0.15, -0.1) is 0 Å². The van der Waals surface area contributed by atoms with Crippen molar-refractivity contribution >= 4 is 6.09 Å². The quantitative estimate of drug-likeness (QED) is 0.821. The first kappa shape index (κ1) is 12.5. The Morgan fingerprint density at radius 1 is 1.44 bits per heavy atom. The van der Waals surface area contributed by atoms with Crippen molar-refractivity contribution in [3.05, 3.63) is 29.3 Å². The van der Waals surface area contributed by atoms with E-state index in [0.717, 1.165) is 11.1 Å². The summed E-state index contributed by atoms with van der Waals surface area (Å²) in [5, 5.41) is 11.5. The van der Waals surface area contributed by atoms with Gasteiger partial charge < -0.3 is 15.2 Å². The summed E-state index contributed by atoms with van der Waals surface area (Å²) in [6.45, 7) is 5.54. The molecule has 1 unspecified atom stereocenters. The van der Waals surface area contributed by atoms with Crippen LogP contribution in [0.3, 0.4) is 0 Å². The molecule has 0 aliphatic heterocycles. The van der Waals surface area contributed by atoms with E-state index in [9.17, 15) is 4.79 Å². The molecular weight excluding hydrogens is 206 g/mol. The van der Waals surface area contributed by atoms with E-state index in [0.29, 0.717) is 5.75 Å². The summed E-state index contributed by atoms with van der Waals surface area (Å²) in [5.74, 6) is 0.575. The maximum atomic E-state index is 11.4. The molecule has 1 amide bonds. The molecule has 0 aliphatic rings. The second-order valence-corrected chi connectivity index (χ2v) is 3.84. The van der Waals surface area contributed by atoms with Gasteiger partial charge in [0.2, 0.25) is 0 Å². The van der Waals surface area contributed by atoms with Gasteiger partial charge in [0, 0.05) is 6.54 Å². The van der Waals surface area contributed by atoms with Gasteiger partial charge in [0.05, 0.1) is 6.10 Å². The van der Waals surface area contributed by atoms with E-state index in [2.05, 4.69) is 5.32 Å². The zero-order chi connectivity index (χ0) is 12.1. The van der Waals surface area contributed by atoms with Gasteiger partial charge >= 0.3 is 6.09 Å². The van der Waals surface area contributed by atoms with E-state index in [1.165, 1.54) is 0 Å². The smallest absolute Gasteiger partial charge is 0.410 e. The van der Waals surface area contributed by atoms with Crippen molar-refractivity contribution in [1.82, 2.24) is 5.32 Å². The van der Waals surface area contributed by atoms with Crippen LogP contribution >= 0.6 is 0 Å². The summed E-state index contributed by atoms with van der Waals surface area (Å²) < 4.78 is 5.17. The van der Waals surface area contributed by atoms with Crippen LogP contribution in [0.5, 0.6) is 5.75 Å². The molecule has 1 aromatic rings.